The van der Waals surface area contributed by atoms with Crippen LogP contribution < -0.4 is 10.3 Å². The van der Waals surface area contributed by atoms with Gasteiger partial charge in [-0.25, -0.2) is 4.79 Å². The predicted molar refractivity (Wildman–Crippen MR) is 94.1 cm³/mol. The SMILES string of the molecule is Cc1ccc(C)c(OC(=O)c2ccc(Cn3ccccc3=O)o2)c1C. The minimum atomic E-state index is -0.552. The summed E-state index contributed by atoms with van der Waals surface area (Å²) in [5.41, 5.74) is 2.74. The van der Waals surface area contributed by atoms with Crippen LogP contribution in [-0.4, -0.2) is 10.5 Å². The molecule has 25 heavy (non-hydrogen) atoms. The third-order valence-corrected chi connectivity index (χ3v) is 4.16. The Labute approximate surface area is 145 Å². The van der Waals surface area contributed by atoms with Gasteiger partial charge < -0.3 is 13.7 Å². The van der Waals surface area contributed by atoms with E-state index in [9.17, 15) is 9.59 Å². The van der Waals surface area contributed by atoms with Gasteiger partial charge in [0.2, 0.25) is 5.76 Å². The van der Waals surface area contributed by atoms with E-state index in [2.05, 4.69) is 0 Å². The Balaban J connectivity index is 1.79. The molecule has 2 heterocycles. The first kappa shape index (κ1) is 16.8. The molecule has 1 aromatic carbocycles. The predicted octanol–water partition coefficient (Wildman–Crippen LogP) is 3.63. The van der Waals surface area contributed by atoms with Gasteiger partial charge in [0.15, 0.2) is 0 Å². The Hall–Kier alpha value is -3.08. The minimum Gasteiger partial charge on any atom is -0.452 e. The number of furan rings is 1. The molecule has 0 saturated carbocycles. The van der Waals surface area contributed by atoms with Gasteiger partial charge in [-0.15, -0.1) is 0 Å². The standard InChI is InChI=1S/C20H19NO4/c1-13-7-8-14(2)19(15(13)3)25-20(23)17-10-9-16(24-17)12-21-11-5-4-6-18(21)22/h4-11H,12H2,1-3H3. The Morgan fingerprint density at radius 2 is 1.80 bits per heavy atom. The monoisotopic (exact) mass is 337 g/mol. The van der Waals surface area contributed by atoms with E-state index in [1.165, 1.54) is 10.6 Å². The molecule has 128 valence electrons. The molecule has 0 spiro atoms. The van der Waals surface area contributed by atoms with Crippen molar-refractivity contribution in [2.24, 2.45) is 0 Å². The number of hydrogen-bond donors (Lipinski definition) is 0. The largest absolute Gasteiger partial charge is 0.452 e. The van der Waals surface area contributed by atoms with Crippen molar-refractivity contribution in [3.05, 3.63) is 87.2 Å². The maximum Gasteiger partial charge on any atom is 0.379 e. The third-order valence-electron chi connectivity index (χ3n) is 4.16. The second-order valence-corrected chi connectivity index (χ2v) is 5.98. The molecule has 0 atom stereocenters. The summed E-state index contributed by atoms with van der Waals surface area (Å²) in [5.74, 6) is 0.628. The number of benzene rings is 1. The van der Waals surface area contributed by atoms with Gasteiger partial charge in [-0.3, -0.25) is 4.79 Å². The van der Waals surface area contributed by atoms with Crippen LogP contribution in [0.5, 0.6) is 5.75 Å². The molecule has 5 heteroatoms. The van der Waals surface area contributed by atoms with Gasteiger partial charge in [0, 0.05) is 12.3 Å². The molecule has 3 aromatic rings. The van der Waals surface area contributed by atoms with Gasteiger partial charge in [0.25, 0.3) is 5.56 Å². The maximum atomic E-state index is 12.4. The number of hydrogen-bond acceptors (Lipinski definition) is 4. The maximum absolute atomic E-state index is 12.4. The Kier molecular flexibility index (Phi) is 4.57. The lowest BCUT2D eigenvalue weighted by atomic mass is 10.1. The second-order valence-electron chi connectivity index (χ2n) is 5.98. The first-order valence-corrected chi connectivity index (χ1v) is 7.99. The van der Waals surface area contributed by atoms with E-state index in [1.54, 1.807) is 30.5 Å². The zero-order valence-corrected chi connectivity index (χ0v) is 14.4. The van der Waals surface area contributed by atoms with Gasteiger partial charge >= 0.3 is 5.97 Å². The lowest BCUT2D eigenvalue weighted by molar-refractivity contribution is 0.0696. The molecule has 0 N–H and O–H groups in total. The average molecular weight is 337 g/mol. The highest BCUT2D eigenvalue weighted by Gasteiger charge is 2.17. The molecule has 0 unspecified atom stereocenters. The highest BCUT2D eigenvalue weighted by Crippen LogP contribution is 2.26. The van der Waals surface area contributed by atoms with E-state index in [1.807, 2.05) is 32.9 Å². The molecule has 0 fully saturated rings. The number of nitrogens with zero attached hydrogens (tertiary/aromatic N) is 1. The Morgan fingerprint density at radius 3 is 2.56 bits per heavy atom. The molecule has 3 rings (SSSR count). The number of carbonyl (C=O) groups is 1. The van der Waals surface area contributed by atoms with Crippen LogP contribution in [0.4, 0.5) is 0 Å². The number of rotatable bonds is 4. The summed E-state index contributed by atoms with van der Waals surface area (Å²) in [6.07, 6.45) is 1.67. The molecule has 0 aliphatic rings. The molecule has 0 amide bonds. The van der Waals surface area contributed by atoms with E-state index < -0.39 is 5.97 Å². The van der Waals surface area contributed by atoms with E-state index in [-0.39, 0.29) is 17.9 Å². The zero-order valence-electron chi connectivity index (χ0n) is 14.4. The topological polar surface area (TPSA) is 61.4 Å². The van der Waals surface area contributed by atoms with E-state index in [0.29, 0.717) is 11.5 Å². The minimum absolute atomic E-state index is 0.110. The van der Waals surface area contributed by atoms with Crippen LogP contribution in [0.25, 0.3) is 0 Å². The molecule has 5 nitrogen and oxygen atoms in total. The van der Waals surface area contributed by atoms with Crippen LogP contribution in [-0.2, 0) is 6.54 Å². The molecule has 2 aromatic heterocycles. The summed E-state index contributed by atoms with van der Waals surface area (Å²) < 4.78 is 12.6. The number of carbonyl (C=O) groups excluding carboxylic acids is 1. The zero-order chi connectivity index (χ0) is 18.0. The van der Waals surface area contributed by atoms with Crippen LogP contribution in [0.1, 0.15) is 33.0 Å². The van der Waals surface area contributed by atoms with Gasteiger partial charge in [0.05, 0.1) is 6.54 Å². The summed E-state index contributed by atoms with van der Waals surface area (Å²) in [4.78, 5) is 24.1. The second kappa shape index (κ2) is 6.81. The molecule has 0 aliphatic carbocycles. The van der Waals surface area contributed by atoms with Crippen molar-refractivity contribution in [2.75, 3.05) is 0 Å². The fraction of sp³-hybridized carbons (Fsp3) is 0.200. The molecular weight excluding hydrogens is 318 g/mol. The van der Waals surface area contributed by atoms with Crippen molar-refractivity contribution >= 4 is 5.97 Å². The van der Waals surface area contributed by atoms with Gasteiger partial charge in [-0.05, 0) is 55.7 Å². The van der Waals surface area contributed by atoms with Crippen LogP contribution >= 0.6 is 0 Å². The van der Waals surface area contributed by atoms with Crippen molar-refractivity contribution in [2.45, 2.75) is 27.3 Å². The fourth-order valence-electron chi connectivity index (χ4n) is 2.56. The third kappa shape index (κ3) is 3.55. The molecular formula is C20H19NO4. The van der Waals surface area contributed by atoms with Crippen LogP contribution in [0.2, 0.25) is 0 Å². The Morgan fingerprint density at radius 1 is 1.04 bits per heavy atom. The number of aryl methyl sites for hydroxylation is 2. The summed E-state index contributed by atoms with van der Waals surface area (Å²) >= 11 is 0. The first-order valence-electron chi connectivity index (χ1n) is 7.99. The quantitative estimate of drug-likeness (QED) is 0.539. The number of ether oxygens (including phenoxy) is 1. The lowest BCUT2D eigenvalue weighted by Gasteiger charge is -2.11. The number of pyridine rings is 1. The van der Waals surface area contributed by atoms with Crippen molar-refractivity contribution in [1.29, 1.82) is 0 Å². The smallest absolute Gasteiger partial charge is 0.379 e. The van der Waals surface area contributed by atoms with Gasteiger partial charge in [-0.2, -0.15) is 0 Å². The van der Waals surface area contributed by atoms with Crippen molar-refractivity contribution in [3.63, 3.8) is 0 Å². The van der Waals surface area contributed by atoms with Crippen molar-refractivity contribution in [1.82, 2.24) is 4.57 Å². The molecule has 0 bridgehead atoms. The normalized spacial score (nSPS) is 10.7. The molecule has 0 aliphatic heterocycles. The van der Waals surface area contributed by atoms with E-state index in [0.717, 1.165) is 16.7 Å². The van der Waals surface area contributed by atoms with Crippen LogP contribution in [0.15, 0.2) is 57.9 Å². The average Bonchev–Trinajstić information content (AvgIpc) is 3.06. The van der Waals surface area contributed by atoms with Crippen LogP contribution in [0.3, 0.4) is 0 Å². The van der Waals surface area contributed by atoms with E-state index in [4.69, 9.17) is 9.15 Å². The fourth-order valence-corrected chi connectivity index (χ4v) is 2.56. The van der Waals surface area contributed by atoms with Gasteiger partial charge in [-0.1, -0.05) is 18.2 Å². The summed E-state index contributed by atoms with van der Waals surface area (Å²) in [5, 5.41) is 0. The number of esters is 1. The van der Waals surface area contributed by atoms with Crippen molar-refractivity contribution in [3.8, 4) is 5.75 Å². The Bertz CT molecular complexity index is 981. The lowest BCUT2D eigenvalue weighted by Crippen LogP contribution is -2.17. The molecule has 0 saturated heterocycles. The molecule has 0 radical (unpaired) electrons. The van der Waals surface area contributed by atoms with Gasteiger partial charge in [0.1, 0.15) is 11.5 Å². The summed E-state index contributed by atoms with van der Waals surface area (Å²) in [7, 11) is 0. The van der Waals surface area contributed by atoms with Crippen molar-refractivity contribution < 1.29 is 13.9 Å². The highest BCUT2D eigenvalue weighted by atomic mass is 16.5. The first-order chi connectivity index (χ1) is 12.0. The summed E-state index contributed by atoms with van der Waals surface area (Å²) in [6.45, 7) is 6.04. The van der Waals surface area contributed by atoms with E-state index >= 15 is 0 Å². The highest BCUT2D eigenvalue weighted by molar-refractivity contribution is 5.88. The summed E-state index contributed by atoms with van der Waals surface area (Å²) in [6, 6.07) is 12.1. The van der Waals surface area contributed by atoms with Crippen LogP contribution in [0, 0.1) is 20.8 Å². The number of aromatic nitrogens is 1.